The first kappa shape index (κ1) is 29.6. The Morgan fingerprint density at radius 2 is 1.72 bits per heavy atom. The van der Waals surface area contributed by atoms with Crippen LogP contribution in [0.25, 0.3) is 11.0 Å². The lowest BCUT2D eigenvalue weighted by atomic mass is 9.82. The van der Waals surface area contributed by atoms with Crippen molar-refractivity contribution < 1.29 is 43.9 Å². The van der Waals surface area contributed by atoms with Gasteiger partial charge in [-0.1, -0.05) is 13.0 Å². The highest BCUT2D eigenvalue weighted by molar-refractivity contribution is 7.91. The van der Waals surface area contributed by atoms with Crippen molar-refractivity contribution in [1.29, 1.82) is 0 Å². The second kappa shape index (κ2) is 10.2. The molecular formula is C24H29F7N4O3S. The van der Waals surface area contributed by atoms with E-state index in [1.807, 2.05) is 0 Å². The van der Waals surface area contributed by atoms with Crippen molar-refractivity contribution in [2.24, 2.45) is 11.7 Å². The Bertz CT molecular complexity index is 1320. The van der Waals surface area contributed by atoms with Gasteiger partial charge in [-0.05, 0) is 31.2 Å². The van der Waals surface area contributed by atoms with Gasteiger partial charge >= 0.3 is 11.8 Å². The molecule has 3 N–H and O–H groups in total. The predicted octanol–water partition coefficient (Wildman–Crippen LogP) is 4.55. The number of H-pyrrole nitrogens is 1. The van der Waals surface area contributed by atoms with Gasteiger partial charge in [0.25, 0.3) is 0 Å². The van der Waals surface area contributed by atoms with Crippen molar-refractivity contribution in [2.75, 3.05) is 24.6 Å². The zero-order valence-corrected chi connectivity index (χ0v) is 21.8. The fourth-order valence-electron chi connectivity index (χ4n) is 5.15. The maximum atomic E-state index is 15.8. The minimum absolute atomic E-state index is 0.117. The first-order chi connectivity index (χ1) is 18.0. The van der Waals surface area contributed by atoms with E-state index >= 15 is 4.39 Å². The largest absolute Gasteiger partial charge is 0.341 e. The van der Waals surface area contributed by atoms with Crippen molar-refractivity contribution in [3.63, 3.8) is 0 Å². The molecule has 0 unspecified atom stereocenters. The molecule has 15 heteroatoms. The average molecular weight is 587 g/mol. The van der Waals surface area contributed by atoms with E-state index in [2.05, 4.69) is 9.97 Å². The van der Waals surface area contributed by atoms with Gasteiger partial charge in [-0.3, -0.25) is 4.79 Å². The predicted molar refractivity (Wildman–Crippen MR) is 128 cm³/mol. The Labute approximate surface area is 220 Å². The fourth-order valence-corrected chi connectivity index (χ4v) is 6.03. The third kappa shape index (κ3) is 5.88. The summed E-state index contributed by atoms with van der Waals surface area (Å²) in [7, 11) is -3.69. The van der Waals surface area contributed by atoms with Gasteiger partial charge in [-0.2, -0.15) is 17.6 Å². The topological polar surface area (TPSA) is 109 Å². The number of amides is 1. The summed E-state index contributed by atoms with van der Waals surface area (Å²) in [4.78, 5) is 20.4. The highest BCUT2D eigenvalue weighted by Gasteiger charge is 2.64. The number of alkyl halides is 6. The summed E-state index contributed by atoms with van der Waals surface area (Å²) in [6.45, 7) is -1.84. The number of imidazole rings is 1. The molecule has 218 valence electrons. The van der Waals surface area contributed by atoms with Crippen molar-refractivity contribution in [3.8, 4) is 0 Å². The number of nitrogens with one attached hydrogen (secondary N) is 1. The number of hydrogen-bond donors (Lipinski definition) is 2. The number of aromatic amines is 1. The number of carbonyl (C=O) groups excluding carboxylic acids is 1. The summed E-state index contributed by atoms with van der Waals surface area (Å²) in [6.07, 6.45) is -0.955. The van der Waals surface area contributed by atoms with Gasteiger partial charge in [0.2, 0.25) is 11.8 Å². The Hall–Kier alpha value is -2.42. The zero-order chi connectivity index (χ0) is 29.0. The minimum atomic E-state index is -4.50. The number of hydrogen-bond acceptors (Lipinski definition) is 5. The van der Waals surface area contributed by atoms with Crippen molar-refractivity contribution in [1.82, 2.24) is 14.9 Å². The molecule has 2 heterocycles. The molecule has 1 aromatic heterocycles. The molecule has 4 rings (SSSR count). The van der Waals surface area contributed by atoms with Crippen LogP contribution in [0.3, 0.4) is 0 Å². The van der Waals surface area contributed by atoms with E-state index in [1.54, 1.807) is 0 Å². The molecule has 7 nitrogen and oxygen atoms in total. The maximum Gasteiger partial charge on any atom is 0.329 e. The SMILES string of the molecule is CCS(=O)(=O)CC[C@H](C(=O)N1CC(F)(F)C(F)(F)C1)c1ccc2[nH]c([C@@H](N)C3CCC(F)(F)CC3)nc2c1F. The van der Waals surface area contributed by atoms with Crippen LogP contribution in [-0.4, -0.2) is 71.6 Å². The van der Waals surface area contributed by atoms with Crippen molar-refractivity contribution in [3.05, 3.63) is 29.3 Å². The normalized spacial score (nSPS) is 22.7. The minimum Gasteiger partial charge on any atom is -0.341 e. The van der Waals surface area contributed by atoms with Gasteiger partial charge in [0.15, 0.2) is 5.82 Å². The van der Waals surface area contributed by atoms with Crippen molar-refractivity contribution in [2.45, 2.75) is 68.8 Å². The number of aromatic nitrogens is 2. The quantitative estimate of drug-likeness (QED) is 0.442. The van der Waals surface area contributed by atoms with Crippen LogP contribution in [0.2, 0.25) is 0 Å². The number of benzene rings is 1. The smallest absolute Gasteiger partial charge is 0.329 e. The third-order valence-corrected chi connectivity index (χ3v) is 9.42. The lowest BCUT2D eigenvalue weighted by Crippen LogP contribution is -2.38. The molecule has 1 saturated heterocycles. The third-order valence-electron chi connectivity index (χ3n) is 7.68. The Morgan fingerprint density at radius 3 is 2.28 bits per heavy atom. The molecule has 0 spiro atoms. The Kier molecular flexibility index (Phi) is 7.73. The molecule has 2 fully saturated rings. The van der Waals surface area contributed by atoms with E-state index < -0.39 is 76.6 Å². The van der Waals surface area contributed by atoms with Gasteiger partial charge in [0.05, 0.1) is 36.3 Å². The molecule has 1 aliphatic carbocycles. The number of halogens is 7. The summed E-state index contributed by atoms with van der Waals surface area (Å²) in [5.41, 5.74) is 5.71. The molecule has 1 aliphatic heterocycles. The summed E-state index contributed by atoms with van der Waals surface area (Å²) in [6, 6.07) is 1.64. The van der Waals surface area contributed by atoms with E-state index in [0.29, 0.717) is 0 Å². The van der Waals surface area contributed by atoms with Crippen LogP contribution in [0, 0.1) is 11.7 Å². The Morgan fingerprint density at radius 1 is 1.13 bits per heavy atom. The summed E-state index contributed by atoms with van der Waals surface area (Å²) in [5.74, 6) is -16.9. The summed E-state index contributed by atoms with van der Waals surface area (Å²) < 4.78 is 122. The first-order valence-corrected chi connectivity index (χ1v) is 14.4. The molecule has 1 aromatic carbocycles. The van der Waals surface area contributed by atoms with E-state index in [9.17, 15) is 39.6 Å². The monoisotopic (exact) mass is 586 g/mol. The fraction of sp³-hybridized carbons (Fsp3) is 0.667. The van der Waals surface area contributed by atoms with Crippen LogP contribution in [0.1, 0.15) is 62.4 Å². The van der Waals surface area contributed by atoms with E-state index in [-0.39, 0.29) is 64.7 Å². The molecule has 2 aliphatic rings. The molecule has 1 amide bonds. The van der Waals surface area contributed by atoms with Crippen LogP contribution < -0.4 is 5.73 Å². The van der Waals surface area contributed by atoms with Gasteiger partial charge in [0.1, 0.15) is 21.2 Å². The average Bonchev–Trinajstić information content (AvgIpc) is 3.38. The molecule has 39 heavy (non-hydrogen) atoms. The van der Waals surface area contributed by atoms with Crippen LogP contribution in [-0.2, 0) is 14.6 Å². The van der Waals surface area contributed by atoms with Crippen LogP contribution in [0.15, 0.2) is 12.1 Å². The Balaban J connectivity index is 1.66. The number of fused-ring (bicyclic) bond motifs is 1. The maximum absolute atomic E-state index is 15.8. The lowest BCUT2D eigenvalue weighted by molar-refractivity contribution is -0.172. The number of likely N-dealkylation sites (tertiary alicyclic amines) is 1. The second-order valence-corrected chi connectivity index (χ2v) is 12.9. The number of rotatable bonds is 8. The van der Waals surface area contributed by atoms with Gasteiger partial charge in [-0.15, -0.1) is 0 Å². The number of sulfone groups is 1. The summed E-state index contributed by atoms with van der Waals surface area (Å²) in [5, 5.41) is 0. The molecule has 2 aromatic rings. The highest BCUT2D eigenvalue weighted by atomic mass is 32.2. The molecule has 2 atom stereocenters. The molecule has 0 radical (unpaired) electrons. The van der Waals surface area contributed by atoms with E-state index in [1.165, 1.54) is 13.0 Å². The lowest BCUT2D eigenvalue weighted by Gasteiger charge is -2.31. The van der Waals surface area contributed by atoms with E-state index in [4.69, 9.17) is 5.73 Å². The zero-order valence-electron chi connectivity index (χ0n) is 21.0. The standard InChI is InChI=1S/C24H29F7N4O3S/c1-2-39(37,38)10-7-15(21(36)35-11-23(28,29)24(30,31)12-35)14-3-4-16-19(17(14)25)34-20(33-16)18(32)13-5-8-22(26,27)9-6-13/h3-4,13,15,18H,2,5-12,32H2,1H3,(H,33,34)/t15-,18-/m0/s1. The van der Waals surface area contributed by atoms with Crippen LogP contribution >= 0.6 is 0 Å². The van der Waals surface area contributed by atoms with Gasteiger partial charge in [0, 0.05) is 24.2 Å². The molecular weight excluding hydrogens is 557 g/mol. The first-order valence-electron chi connectivity index (χ1n) is 12.5. The number of carbonyl (C=O) groups is 1. The number of nitrogens with two attached hydrogens (primary N) is 1. The number of nitrogens with zero attached hydrogens (tertiary/aromatic N) is 2. The van der Waals surface area contributed by atoms with Gasteiger partial charge in [-0.25, -0.2) is 26.6 Å². The van der Waals surface area contributed by atoms with E-state index in [0.717, 1.165) is 6.07 Å². The van der Waals surface area contributed by atoms with Crippen molar-refractivity contribution >= 4 is 26.8 Å². The summed E-state index contributed by atoms with van der Waals surface area (Å²) >= 11 is 0. The highest BCUT2D eigenvalue weighted by Crippen LogP contribution is 2.43. The molecule has 1 saturated carbocycles. The van der Waals surface area contributed by atoms with Gasteiger partial charge < -0.3 is 15.6 Å². The second-order valence-electron chi connectivity index (χ2n) is 10.4. The van der Waals surface area contributed by atoms with Crippen LogP contribution in [0.4, 0.5) is 30.7 Å². The van der Waals surface area contributed by atoms with Crippen LogP contribution in [0.5, 0.6) is 0 Å². The molecule has 0 bridgehead atoms.